The van der Waals surface area contributed by atoms with Gasteiger partial charge in [0.1, 0.15) is 0 Å². The van der Waals surface area contributed by atoms with Gasteiger partial charge < -0.3 is 14.5 Å². The van der Waals surface area contributed by atoms with E-state index in [1.165, 1.54) is 19.2 Å². The number of hydrogen-bond acceptors (Lipinski definition) is 5. The van der Waals surface area contributed by atoms with E-state index in [4.69, 9.17) is 9.15 Å². The minimum Gasteiger partial charge on any atom is -0.493 e. The number of anilines is 1. The molecule has 0 saturated heterocycles. The van der Waals surface area contributed by atoms with E-state index in [0.717, 1.165) is 5.39 Å². The first-order valence-corrected chi connectivity index (χ1v) is 7.12. The molecule has 0 bridgehead atoms. The fraction of sp³-hybridized carbons (Fsp3) is 0.118. The lowest BCUT2D eigenvalue weighted by atomic mass is 10.1. The molecule has 0 aliphatic rings. The average molecular weight is 326 g/mol. The van der Waals surface area contributed by atoms with Gasteiger partial charge in [0.2, 0.25) is 0 Å². The second-order valence-electron chi connectivity index (χ2n) is 5.20. The molecule has 0 atom stereocenters. The minimum absolute atomic E-state index is 0.0952. The first kappa shape index (κ1) is 15.5. The molecule has 0 aliphatic heterocycles. The van der Waals surface area contributed by atoms with Crippen LogP contribution in [0.15, 0.2) is 46.9 Å². The highest BCUT2D eigenvalue weighted by Crippen LogP contribution is 2.29. The zero-order valence-electron chi connectivity index (χ0n) is 13.0. The molecular weight excluding hydrogens is 312 g/mol. The zero-order chi connectivity index (χ0) is 17.3. The predicted octanol–water partition coefficient (Wildman–Crippen LogP) is 3.91. The Hall–Kier alpha value is -3.35. The van der Waals surface area contributed by atoms with E-state index < -0.39 is 10.8 Å². The molecule has 3 rings (SSSR count). The van der Waals surface area contributed by atoms with Crippen molar-refractivity contribution in [3.63, 3.8) is 0 Å². The van der Waals surface area contributed by atoms with Gasteiger partial charge in [-0.2, -0.15) is 0 Å². The van der Waals surface area contributed by atoms with Crippen molar-refractivity contribution in [1.82, 2.24) is 0 Å². The molecule has 122 valence electrons. The number of amides is 1. The van der Waals surface area contributed by atoms with E-state index in [2.05, 4.69) is 5.32 Å². The van der Waals surface area contributed by atoms with Crippen LogP contribution in [0, 0.1) is 17.0 Å². The van der Waals surface area contributed by atoms with Gasteiger partial charge in [-0.05, 0) is 24.6 Å². The molecule has 1 heterocycles. The average Bonchev–Trinajstić information content (AvgIpc) is 3.00. The molecule has 0 aliphatic carbocycles. The van der Waals surface area contributed by atoms with Crippen LogP contribution in [0.25, 0.3) is 11.0 Å². The van der Waals surface area contributed by atoms with E-state index in [9.17, 15) is 14.9 Å². The molecule has 7 heteroatoms. The van der Waals surface area contributed by atoms with Crippen LogP contribution in [-0.2, 0) is 0 Å². The number of furan rings is 1. The Balaban J connectivity index is 1.93. The molecule has 0 unspecified atom stereocenters. The number of hydrogen-bond donors (Lipinski definition) is 1. The molecule has 2 aromatic carbocycles. The lowest BCUT2D eigenvalue weighted by molar-refractivity contribution is -0.384. The second-order valence-corrected chi connectivity index (χ2v) is 5.20. The second kappa shape index (κ2) is 6.04. The van der Waals surface area contributed by atoms with Crippen LogP contribution in [0.5, 0.6) is 5.75 Å². The van der Waals surface area contributed by atoms with E-state index >= 15 is 0 Å². The number of fused-ring (bicyclic) bond motifs is 1. The first-order valence-electron chi connectivity index (χ1n) is 7.12. The number of para-hydroxylation sites is 1. The quantitative estimate of drug-likeness (QED) is 0.579. The normalized spacial score (nSPS) is 10.6. The Bertz CT molecular complexity index is 945. The zero-order valence-corrected chi connectivity index (χ0v) is 13.0. The summed E-state index contributed by atoms with van der Waals surface area (Å²) in [6.07, 6.45) is 0. The third-order valence-corrected chi connectivity index (χ3v) is 3.63. The molecule has 0 radical (unpaired) electrons. The molecular formula is C17H14N2O5. The molecule has 0 saturated carbocycles. The Morgan fingerprint density at radius 3 is 2.75 bits per heavy atom. The van der Waals surface area contributed by atoms with Crippen LogP contribution in [0.2, 0.25) is 0 Å². The molecule has 3 aromatic rings. The van der Waals surface area contributed by atoms with Gasteiger partial charge in [-0.15, -0.1) is 0 Å². The van der Waals surface area contributed by atoms with E-state index in [1.54, 1.807) is 37.3 Å². The molecule has 0 fully saturated rings. The number of nitrogens with zero attached hydrogens (tertiary/aromatic N) is 1. The number of nitro benzene ring substituents is 1. The summed E-state index contributed by atoms with van der Waals surface area (Å²) in [5.41, 5.74) is 1.45. The topological polar surface area (TPSA) is 94.6 Å². The van der Waals surface area contributed by atoms with Crippen molar-refractivity contribution in [3.8, 4) is 5.75 Å². The summed E-state index contributed by atoms with van der Waals surface area (Å²) in [5.74, 6) is 0.135. The summed E-state index contributed by atoms with van der Waals surface area (Å²) in [7, 11) is 1.52. The fourth-order valence-electron chi connectivity index (χ4n) is 2.35. The lowest BCUT2D eigenvalue weighted by Crippen LogP contribution is -2.12. The standard InChI is InChI=1S/C17H14N2O5/c1-10-6-7-12(19(21)22)9-13(10)18-17(20)15-8-11-4-3-5-14(23-2)16(11)24-15/h3-9H,1-2H3,(H,18,20). The van der Waals surface area contributed by atoms with Gasteiger partial charge in [0.25, 0.3) is 11.6 Å². The van der Waals surface area contributed by atoms with Gasteiger partial charge in [-0.25, -0.2) is 0 Å². The van der Waals surface area contributed by atoms with Gasteiger partial charge in [-0.1, -0.05) is 18.2 Å². The van der Waals surface area contributed by atoms with E-state index in [-0.39, 0.29) is 11.4 Å². The largest absolute Gasteiger partial charge is 0.493 e. The van der Waals surface area contributed by atoms with Crippen molar-refractivity contribution in [1.29, 1.82) is 0 Å². The number of nitro groups is 1. The number of benzene rings is 2. The molecule has 1 aromatic heterocycles. The Morgan fingerprint density at radius 2 is 2.04 bits per heavy atom. The summed E-state index contributed by atoms with van der Waals surface area (Å²) in [5, 5.41) is 14.2. The van der Waals surface area contributed by atoms with Crippen molar-refractivity contribution < 1.29 is 18.9 Å². The number of non-ortho nitro benzene ring substituents is 1. The van der Waals surface area contributed by atoms with E-state index in [1.807, 2.05) is 0 Å². The van der Waals surface area contributed by atoms with Crippen molar-refractivity contribution in [2.75, 3.05) is 12.4 Å². The van der Waals surface area contributed by atoms with Crippen molar-refractivity contribution in [2.45, 2.75) is 6.92 Å². The van der Waals surface area contributed by atoms with Crippen LogP contribution in [-0.4, -0.2) is 17.9 Å². The van der Waals surface area contributed by atoms with Crippen LogP contribution < -0.4 is 10.1 Å². The highest BCUT2D eigenvalue weighted by Gasteiger charge is 2.17. The monoisotopic (exact) mass is 326 g/mol. The Kier molecular flexibility index (Phi) is 3.91. The van der Waals surface area contributed by atoms with Crippen molar-refractivity contribution in [3.05, 3.63) is 63.9 Å². The summed E-state index contributed by atoms with van der Waals surface area (Å²) < 4.78 is 10.8. The molecule has 0 spiro atoms. The highest BCUT2D eigenvalue weighted by molar-refractivity contribution is 6.05. The van der Waals surface area contributed by atoms with Gasteiger partial charge in [-0.3, -0.25) is 14.9 Å². The number of aryl methyl sites for hydroxylation is 1. The molecule has 1 N–H and O–H groups in total. The minimum atomic E-state index is -0.513. The summed E-state index contributed by atoms with van der Waals surface area (Å²) in [6, 6.07) is 11.2. The number of methoxy groups -OCH3 is 1. The maximum absolute atomic E-state index is 12.4. The van der Waals surface area contributed by atoms with Crippen molar-refractivity contribution >= 4 is 28.3 Å². The van der Waals surface area contributed by atoms with Crippen molar-refractivity contribution in [2.24, 2.45) is 0 Å². The van der Waals surface area contributed by atoms with Crippen LogP contribution in [0.1, 0.15) is 16.1 Å². The molecule has 24 heavy (non-hydrogen) atoms. The van der Waals surface area contributed by atoms with Crippen LogP contribution in [0.4, 0.5) is 11.4 Å². The van der Waals surface area contributed by atoms with Gasteiger partial charge >= 0.3 is 0 Å². The summed E-state index contributed by atoms with van der Waals surface area (Å²) in [4.78, 5) is 22.8. The maximum atomic E-state index is 12.4. The third kappa shape index (κ3) is 2.79. The Morgan fingerprint density at radius 1 is 1.25 bits per heavy atom. The van der Waals surface area contributed by atoms with Gasteiger partial charge in [0.15, 0.2) is 17.1 Å². The predicted molar refractivity (Wildman–Crippen MR) is 88.6 cm³/mol. The number of ether oxygens (including phenoxy) is 1. The number of carbonyl (C=O) groups excluding carboxylic acids is 1. The number of nitrogens with one attached hydrogen (secondary N) is 1. The van der Waals surface area contributed by atoms with E-state index in [0.29, 0.717) is 22.6 Å². The number of rotatable bonds is 4. The first-order chi connectivity index (χ1) is 11.5. The molecule has 7 nitrogen and oxygen atoms in total. The highest BCUT2D eigenvalue weighted by atomic mass is 16.6. The van der Waals surface area contributed by atoms with Gasteiger partial charge in [0, 0.05) is 17.5 Å². The fourth-order valence-corrected chi connectivity index (χ4v) is 2.35. The number of carbonyl (C=O) groups is 1. The van der Waals surface area contributed by atoms with Gasteiger partial charge in [0.05, 0.1) is 17.7 Å². The molecule has 1 amide bonds. The summed E-state index contributed by atoms with van der Waals surface area (Å²) >= 11 is 0. The third-order valence-electron chi connectivity index (χ3n) is 3.63. The van der Waals surface area contributed by atoms with Crippen LogP contribution in [0.3, 0.4) is 0 Å². The van der Waals surface area contributed by atoms with Crippen LogP contribution >= 0.6 is 0 Å². The summed E-state index contributed by atoms with van der Waals surface area (Å²) in [6.45, 7) is 1.75. The maximum Gasteiger partial charge on any atom is 0.291 e. The SMILES string of the molecule is COc1cccc2cc(C(=O)Nc3cc([N+](=O)[O-])ccc3C)oc12. The lowest BCUT2D eigenvalue weighted by Gasteiger charge is -2.06. The smallest absolute Gasteiger partial charge is 0.291 e. The Labute approximate surface area is 137 Å².